The summed E-state index contributed by atoms with van der Waals surface area (Å²) in [6, 6.07) is 131. The van der Waals surface area contributed by atoms with Crippen LogP contribution in [0.1, 0.15) is 52.8 Å². The van der Waals surface area contributed by atoms with Crippen LogP contribution in [0.4, 0.5) is 23.0 Å². The standard InChI is InChI=1S/C29H19N2.C28H19N3.C15H10N.C12H10N.C10H8N.C6H5N2.3C5H8O2.2Ir.2Pt/c1-19-18-30-28-24-14-12-22(20-8-4-2-5-9-20)16-26(24)27-17-23(21-10-6-3-7-11-21)13-15-25(27)29(28)31-19;1-4-12-22(13-5-1)25-18-10-20-27(29-25)31(24-16-8-3-9-17-24)28-21-11-19-26(30-28)23-14-6-2-7-15-23;1-2-7-13(8-3-1)15-14-9-5-4-6-12(14)10-11-16-15;1-2-6-11-10(5-1)9-13-8-4-3-7-12(11)13;11-10-7-3-5-8-4-1-2-6-9(8)10;7-5-3-1-2-4-6(5)8;3*1-4(6)3-5(2)7;;;;/h2-13,15-18H,1H3;1-12,14,16-21H;1-7,9-11H;1-8H,9H2;1-6H,11H2;1-4,7H;3*3,6H,1-2H3;;;;/q-1;-2;-1;+1;2*-1;;;;;;;+2/b;;;;;;4-3-;;;;;;. The average molecular weight is 2490 g/mol. The summed E-state index contributed by atoms with van der Waals surface area (Å²) in [6.45, 7) is 11.6. The molecule has 0 amide bonds. The van der Waals surface area contributed by atoms with E-state index >= 15 is 0 Å². The number of carbonyl (C=O) groups excluding carboxylic acids is 3. The van der Waals surface area contributed by atoms with E-state index in [9.17, 15) is 14.4 Å². The number of allylic oxidation sites excluding steroid dienone is 10. The van der Waals surface area contributed by atoms with E-state index in [-0.39, 0.29) is 128 Å². The predicted molar refractivity (Wildman–Crippen MR) is 534 cm³/mol. The number of anilines is 4. The number of rotatable bonds is 11. The number of ketones is 3. The monoisotopic (exact) mass is 2490 g/mol. The Balaban J connectivity index is 0.000000198. The SMILES string of the molecule is CC(=O)/C=C(/C)O.CC(=O)C=C(C)O.CC(=O)C=C(C)O.Cc1cnc2c3[c-]cc(-c4ccccc4)cc3c3cc(-c4ccccc4)ccc3c2n1.Nc1[c-]ccc2ccccc12.[Ir].[Ir].[N-]=C1C=CC=CC1=N.[Pt+2].[Pt].[c-]1ccccc1-c1cccc(N(c2ccccc2)c2cccc(-c3[c-]cccc3)n2)n1.[c-]1ccccc1-c1nccc2ccccc12.c1ccc2c(c1)C[n+]1ccccc1-2. The number of carbonyl (C=O) groups is 3. The fourth-order valence-corrected chi connectivity index (χ4v) is 14.2. The van der Waals surface area contributed by atoms with Crippen LogP contribution >= 0.6 is 0 Å². The molecule has 1 aliphatic heterocycles. The van der Waals surface area contributed by atoms with Gasteiger partial charge < -0.3 is 41.8 Å². The van der Waals surface area contributed by atoms with Gasteiger partial charge in [-0.25, -0.2) is 0 Å². The zero-order valence-corrected chi connectivity index (χ0v) is 84.2. The van der Waals surface area contributed by atoms with Crippen molar-refractivity contribution in [2.24, 2.45) is 0 Å². The molecule has 0 fully saturated rings. The Bertz CT molecular complexity index is 6960. The molecule has 6 N–H and O–H groups in total. The molecule has 20 rings (SSSR count). The Labute approximate surface area is 843 Å². The number of aliphatic hydroxyl groups is 3. The van der Waals surface area contributed by atoms with E-state index in [1.54, 1.807) is 12.2 Å². The summed E-state index contributed by atoms with van der Waals surface area (Å²) in [5.41, 5.74) is 24.9. The quantitative estimate of drug-likeness (QED) is 0.0154. The fraction of sp³-hybridized carbons (Fsp3) is 0.0696. The maximum absolute atomic E-state index is 10.0. The Hall–Kier alpha value is -14.4. The van der Waals surface area contributed by atoms with Crippen LogP contribution in [0.25, 0.3) is 127 Å². The Kier molecular flexibility index (Phi) is 42.3. The van der Waals surface area contributed by atoms with E-state index in [4.69, 9.17) is 51.8 Å². The maximum Gasteiger partial charge on any atom is 2.00 e. The van der Waals surface area contributed by atoms with Crippen molar-refractivity contribution in [3.05, 3.63) is 465 Å². The van der Waals surface area contributed by atoms with Crippen molar-refractivity contribution < 1.29 is 117 Å². The minimum absolute atomic E-state index is 0. The van der Waals surface area contributed by atoms with Gasteiger partial charge in [0.2, 0.25) is 5.69 Å². The number of para-hydroxylation sites is 1. The molecule has 135 heavy (non-hydrogen) atoms. The molecule has 682 valence electrons. The van der Waals surface area contributed by atoms with Crippen LogP contribution in [0.3, 0.4) is 0 Å². The summed E-state index contributed by atoms with van der Waals surface area (Å²) in [5, 5.41) is 49.9. The van der Waals surface area contributed by atoms with Crippen molar-refractivity contribution in [2.75, 3.05) is 10.6 Å². The van der Waals surface area contributed by atoms with Gasteiger partial charge in [-0.3, -0.25) is 34.2 Å². The van der Waals surface area contributed by atoms with Crippen LogP contribution in [0.5, 0.6) is 0 Å². The minimum atomic E-state index is -0.125. The fourth-order valence-electron chi connectivity index (χ4n) is 14.2. The molecule has 2 aliphatic rings. The number of hydrogen-bond donors (Lipinski definition) is 5. The van der Waals surface area contributed by atoms with Crippen LogP contribution < -0.4 is 15.2 Å². The van der Waals surface area contributed by atoms with E-state index in [0.29, 0.717) is 0 Å². The number of benzene rings is 13. The molecule has 20 heteroatoms. The van der Waals surface area contributed by atoms with Crippen LogP contribution in [0, 0.1) is 42.7 Å². The van der Waals surface area contributed by atoms with Crippen molar-refractivity contribution in [3.8, 4) is 67.3 Å². The number of nitrogen functional groups attached to an aromatic ring is 1. The molecular formula is C115H95Ir2N10O6Pt2-3. The molecule has 5 aromatic heterocycles. The van der Waals surface area contributed by atoms with Crippen molar-refractivity contribution >= 4 is 106 Å². The molecule has 6 heterocycles. The molecule has 0 bridgehead atoms. The van der Waals surface area contributed by atoms with Gasteiger partial charge in [-0.05, 0) is 141 Å². The van der Waals surface area contributed by atoms with Gasteiger partial charge in [-0.1, -0.05) is 228 Å². The zero-order valence-electron chi connectivity index (χ0n) is 74.8. The first-order valence-corrected chi connectivity index (χ1v) is 42.2. The van der Waals surface area contributed by atoms with Crippen molar-refractivity contribution in [3.63, 3.8) is 0 Å². The molecule has 2 radical (unpaired) electrons. The van der Waals surface area contributed by atoms with Gasteiger partial charge in [0.25, 0.3) is 0 Å². The van der Waals surface area contributed by atoms with E-state index in [0.717, 1.165) is 107 Å². The average Bonchev–Trinajstić information content (AvgIpc) is 1.23. The van der Waals surface area contributed by atoms with Gasteiger partial charge in [0, 0.05) is 127 Å². The molecule has 16 nitrogen and oxygen atoms in total. The summed E-state index contributed by atoms with van der Waals surface area (Å²) in [5.74, 6) is 1.40. The number of fused-ring (bicyclic) bond motifs is 11. The zero-order chi connectivity index (χ0) is 92.4. The molecule has 1 aliphatic carbocycles. The van der Waals surface area contributed by atoms with Crippen LogP contribution in [0.2, 0.25) is 0 Å². The van der Waals surface area contributed by atoms with Gasteiger partial charge >= 0.3 is 21.1 Å². The second-order valence-corrected chi connectivity index (χ2v) is 30.1. The second kappa shape index (κ2) is 53.9. The topological polar surface area (TPSA) is 256 Å². The molecule has 0 saturated carbocycles. The van der Waals surface area contributed by atoms with Gasteiger partial charge in [-0.2, -0.15) is 22.8 Å². The van der Waals surface area contributed by atoms with Gasteiger partial charge in [0.05, 0.1) is 34.1 Å². The number of aliphatic hydroxyl groups excluding tert-OH is 3. The summed E-state index contributed by atoms with van der Waals surface area (Å²) >= 11 is 0. The number of hydrogen-bond acceptors (Lipinski definition) is 14. The molecule has 0 saturated heterocycles. The molecule has 0 atom stereocenters. The largest absolute Gasteiger partial charge is 2.00 e. The van der Waals surface area contributed by atoms with Crippen molar-refractivity contribution in [1.82, 2.24) is 24.9 Å². The van der Waals surface area contributed by atoms with Gasteiger partial charge in [0.1, 0.15) is 11.6 Å². The van der Waals surface area contributed by atoms with Crippen molar-refractivity contribution in [2.45, 2.75) is 55.0 Å². The van der Waals surface area contributed by atoms with Gasteiger partial charge in [-0.15, -0.1) is 154 Å². The van der Waals surface area contributed by atoms with E-state index in [1.165, 1.54) is 127 Å². The number of nitrogens with zero attached hydrogens (tertiary/aromatic N) is 8. The predicted octanol–water partition coefficient (Wildman–Crippen LogP) is 26.4. The number of nitrogens with two attached hydrogens (primary N) is 1. The molecule has 0 unspecified atom stereocenters. The summed E-state index contributed by atoms with van der Waals surface area (Å²) in [4.78, 5) is 56.1. The number of aryl methyl sites for hydroxylation is 1. The number of pyridine rings is 4. The first kappa shape index (κ1) is 106. The van der Waals surface area contributed by atoms with E-state index in [2.05, 4.69) is 197 Å². The summed E-state index contributed by atoms with van der Waals surface area (Å²) in [7, 11) is 0. The third-order valence-corrected chi connectivity index (χ3v) is 19.9. The van der Waals surface area contributed by atoms with Crippen LogP contribution in [-0.4, -0.2) is 69.0 Å². The molecule has 18 aromatic rings. The third kappa shape index (κ3) is 30.8. The first-order chi connectivity index (χ1) is 63.6. The smallest absolute Gasteiger partial charge is 0.802 e. The van der Waals surface area contributed by atoms with Crippen LogP contribution in [0.15, 0.2) is 418 Å². The summed E-state index contributed by atoms with van der Waals surface area (Å²) in [6.07, 6.45) is 15.7. The van der Waals surface area contributed by atoms with E-state index in [1.807, 2.05) is 213 Å². The third-order valence-electron chi connectivity index (χ3n) is 19.9. The Morgan fingerprint density at radius 1 is 0.452 bits per heavy atom. The molecule has 13 aromatic carbocycles. The normalized spacial score (nSPS) is 11.1. The Morgan fingerprint density at radius 3 is 1.47 bits per heavy atom. The first-order valence-electron chi connectivity index (χ1n) is 42.2. The second-order valence-electron chi connectivity index (χ2n) is 30.1. The summed E-state index contributed by atoms with van der Waals surface area (Å²) < 4.78 is 2.28. The minimum Gasteiger partial charge on any atom is -0.802 e. The molecular weight excluding hydrogens is 2390 g/mol. The van der Waals surface area contributed by atoms with Crippen LogP contribution in [-0.2, 0) is 103 Å². The Morgan fingerprint density at radius 2 is 0.948 bits per heavy atom. The van der Waals surface area contributed by atoms with Crippen molar-refractivity contribution in [1.29, 1.82) is 5.41 Å². The number of nitrogens with one attached hydrogen (secondary N) is 1. The van der Waals surface area contributed by atoms with E-state index < -0.39 is 0 Å². The van der Waals surface area contributed by atoms with Gasteiger partial charge in [0.15, 0.2) is 30.1 Å². The number of aromatic nitrogens is 6. The maximum atomic E-state index is 10.0. The molecule has 0 spiro atoms.